The highest BCUT2D eigenvalue weighted by Gasteiger charge is 2.07. The second-order valence-electron chi connectivity index (χ2n) is 4.96. The van der Waals surface area contributed by atoms with Crippen LogP contribution < -0.4 is 5.32 Å². The molecule has 0 amide bonds. The first-order valence-corrected chi connectivity index (χ1v) is 7.56. The van der Waals surface area contributed by atoms with Gasteiger partial charge in [0.15, 0.2) is 0 Å². The van der Waals surface area contributed by atoms with E-state index in [2.05, 4.69) is 27.8 Å². The molecule has 104 valence electrons. The van der Waals surface area contributed by atoms with E-state index in [1.54, 1.807) is 0 Å². The van der Waals surface area contributed by atoms with Gasteiger partial charge in [0.1, 0.15) is 5.65 Å². The van der Waals surface area contributed by atoms with Gasteiger partial charge in [-0.3, -0.25) is 0 Å². The predicted octanol–water partition coefficient (Wildman–Crippen LogP) is 3.47. The average molecular weight is 280 g/mol. The van der Waals surface area contributed by atoms with Crippen molar-refractivity contribution in [2.75, 3.05) is 12.4 Å². The second kappa shape index (κ2) is 7.51. The maximum Gasteiger partial charge on any atom is 0.137 e. The number of fused-ring (bicyclic) bond motifs is 1. The number of nitrogens with zero attached hydrogens (tertiary/aromatic N) is 2. The van der Waals surface area contributed by atoms with Gasteiger partial charge in [-0.15, -0.1) is 11.6 Å². The summed E-state index contributed by atoms with van der Waals surface area (Å²) in [7, 11) is 0. The normalized spacial score (nSPS) is 12.9. The minimum absolute atomic E-state index is 0.680. The van der Waals surface area contributed by atoms with Crippen LogP contribution in [0.5, 0.6) is 0 Å². The van der Waals surface area contributed by atoms with Crippen molar-refractivity contribution < 1.29 is 0 Å². The van der Waals surface area contributed by atoms with Crippen LogP contribution in [0.3, 0.4) is 0 Å². The van der Waals surface area contributed by atoms with E-state index in [0.29, 0.717) is 5.92 Å². The van der Waals surface area contributed by atoms with Crippen LogP contribution in [0.15, 0.2) is 30.6 Å². The van der Waals surface area contributed by atoms with Gasteiger partial charge < -0.3 is 9.72 Å². The summed E-state index contributed by atoms with van der Waals surface area (Å²) in [5.74, 6) is 1.43. The van der Waals surface area contributed by atoms with Crippen LogP contribution in [0, 0.1) is 5.92 Å². The fourth-order valence-electron chi connectivity index (χ4n) is 2.39. The first kappa shape index (κ1) is 14.4. The fraction of sp³-hybridized carbons (Fsp3) is 0.533. The molecule has 0 saturated carbocycles. The third kappa shape index (κ3) is 4.22. The Morgan fingerprint density at radius 2 is 2.26 bits per heavy atom. The van der Waals surface area contributed by atoms with Gasteiger partial charge in [-0.25, -0.2) is 4.98 Å². The van der Waals surface area contributed by atoms with Gasteiger partial charge in [-0.2, -0.15) is 0 Å². The molecule has 2 aromatic heterocycles. The van der Waals surface area contributed by atoms with E-state index >= 15 is 0 Å². The minimum atomic E-state index is 0.680. The van der Waals surface area contributed by atoms with E-state index in [0.717, 1.165) is 36.7 Å². The van der Waals surface area contributed by atoms with E-state index in [4.69, 9.17) is 11.6 Å². The van der Waals surface area contributed by atoms with Gasteiger partial charge in [0.2, 0.25) is 0 Å². The van der Waals surface area contributed by atoms with Gasteiger partial charge in [-0.05, 0) is 37.4 Å². The summed E-state index contributed by atoms with van der Waals surface area (Å²) in [6.45, 7) is 4.07. The highest BCUT2D eigenvalue weighted by molar-refractivity contribution is 6.17. The van der Waals surface area contributed by atoms with Crippen molar-refractivity contribution in [1.29, 1.82) is 0 Å². The number of imidazole rings is 1. The number of nitrogens with one attached hydrogen (secondary N) is 1. The summed E-state index contributed by atoms with van der Waals surface area (Å²) >= 11 is 5.84. The lowest BCUT2D eigenvalue weighted by Crippen LogP contribution is -2.23. The van der Waals surface area contributed by atoms with Crippen molar-refractivity contribution in [3.63, 3.8) is 0 Å². The molecule has 4 heteroatoms. The van der Waals surface area contributed by atoms with Gasteiger partial charge in [-0.1, -0.05) is 19.4 Å². The lowest BCUT2D eigenvalue weighted by atomic mass is 10.0. The number of hydrogen-bond acceptors (Lipinski definition) is 2. The quantitative estimate of drug-likeness (QED) is 0.750. The lowest BCUT2D eigenvalue weighted by Gasteiger charge is -2.14. The molecule has 0 fully saturated rings. The first-order chi connectivity index (χ1) is 9.33. The van der Waals surface area contributed by atoms with Gasteiger partial charge in [0, 0.05) is 24.8 Å². The van der Waals surface area contributed by atoms with Crippen molar-refractivity contribution >= 4 is 17.2 Å². The van der Waals surface area contributed by atoms with Crippen LogP contribution in [-0.4, -0.2) is 21.8 Å². The third-order valence-electron chi connectivity index (χ3n) is 3.37. The number of aromatic nitrogens is 2. The van der Waals surface area contributed by atoms with Crippen LogP contribution in [0.1, 0.15) is 31.9 Å². The molecule has 0 aliphatic carbocycles. The molecule has 1 atom stereocenters. The van der Waals surface area contributed by atoms with Crippen LogP contribution in [0.4, 0.5) is 0 Å². The zero-order chi connectivity index (χ0) is 13.5. The largest absolute Gasteiger partial charge is 0.311 e. The SMILES string of the molecule is CCCC(CCCl)CNCc1cn2ccccc2n1. The molecule has 2 rings (SSSR count). The molecule has 0 saturated heterocycles. The molecular weight excluding hydrogens is 258 g/mol. The third-order valence-corrected chi connectivity index (χ3v) is 3.59. The maximum atomic E-state index is 5.84. The van der Waals surface area contributed by atoms with Gasteiger partial charge in [0.05, 0.1) is 5.69 Å². The first-order valence-electron chi connectivity index (χ1n) is 7.02. The highest BCUT2D eigenvalue weighted by Crippen LogP contribution is 2.11. The van der Waals surface area contributed by atoms with Crippen molar-refractivity contribution in [1.82, 2.24) is 14.7 Å². The Hall–Kier alpha value is -1.06. The van der Waals surface area contributed by atoms with E-state index in [1.807, 2.05) is 24.4 Å². The van der Waals surface area contributed by atoms with E-state index in [9.17, 15) is 0 Å². The summed E-state index contributed by atoms with van der Waals surface area (Å²) in [6, 6.07) is 6.05. The Morgan fingerprint density at radius 3 is 3.00 bits per heavy atom. The number of pyridine rings is 1. The van der Waals surface area contributed by atoms with Crippen molar-refractivity contribution in [3.8, 4) is 0 Å². The summed E-state index contributed by atoms with van der Waals surface area (Å²) < 4.78 is 2.05. The van der Waals surface area contributed by atoms with Crippen molar-refractivity contribution in [2.24, 2.45) is 5.92 Å². The molecule has 0 aliphatic heterocycles. The van der Waals surface area contributed by atoms with E-state index in [1.165, 1.54) is 12.8 Å². The topological polar surface area (TPSA) is 29.3 Å². The highest BCUT2D eigenvalue weighted by atomic mass is 35.5. The zero-order valence-electron chi connectivity index (χ0n) is 11.5. The molecule has 0 radical (unpaired) electrons. The van der Waals surface area contributed by atoms with Crippen LogP contribution >= 0.6 is 11.6 Å². The molecule has 1 unspecified atom stereocenters. The Labute approximate surface area is 120 Å². The minimum Gasteiger partial charge on any atom is -0.311 e. The maximum absolute atomic E-state index is 5.84. The molecule has 3 nitrogen and oxygen atoms in total. The van der Waals surface area contributed by atoms with Crippen molar-refractivity contribution in [2.45, 2.75) is 32.7 Å². The van der Waals surface area contributed by atoms with Gasteiger partial charge >= 0.3 is 0 Å². The second-order valence-corrected chi connectivity index (χ2v) is 5.34. The van der Waals surface area contributed by atoms with Gasteiger partial charge in [0.25, 0.3) is 0 Å². The molecule has 0 spiro atoms. The fourth-order valence-corrected chi connectivity index (χ4v) is 2.70. The van der Waals surface area contributed by atoms with Crippen LogP contribution in [0.2, 0.25) is 0 Å². The molecule has 2 aromatic rings. The van der Waals surface area contributed by atoms with Crippen LogP contribution in [-0.2, 0) is 6.54 Å². The summed E-state index contributed by atoms with van der Waals surface area (Å²) in [4.78, 5) is 4.58. The standard InChI is InChI=1S/C15H22ClN3/c1-2-5-13(7-8-16)10-17-11-14-12-19-9-4-3-6-15(19)18-14/h3-4,6,9,12-13,17H,2,5,7-8,10-11H2,1H3. The summed E-state index contributed by atoms with van der Waals surface area (Å²) in [5.41, 5.74) is 2.09. The number of hydrogen-bond donors (Lipinski definition) is 1. The molecular formula is C15H22ClN3. The number of alkyl halides is 1. The Bertz CT molecular complexity index is 456. The van der Waals surface area contributed by atoms with E-state index < -0.39 is 0 Å². The van der Waals surface area contributed by atoms with Crippen molar-refractivity contribution in [3.05, 3.63) is 36.3 Å². The molecule has 1 N–H and O–H groups in total. The molecule has 0 aliphatic rings. The number of rotatable bonds is 8. The Kier molecular flexibility index (Phi) is 5.67. The van der Waals surface area contributed by atoms with Crippen LogP contribution in [0.25, 0.3) is 5.65 Å². The number of halogens is 1. The molecule has 0 aromatic carbocycles. The molecule has 0 bridgehead atoms. The Balaban J connectivity index is 1.84. The predicted molar refractivity (Wildman–Crippen MR) is 80.6 cm³/mol. The smallest absolute Gasteiger partial charge is 0.137 e. The Morgan fingerprint density at radius 1 is 1.37 bits per heavy atom. The molecule has 2 heterocycles. The summed E-state index contributed by atoms with van der Waals surface area (Å²) in [5, 5.41) is 3.50. The lowest BCUT2D eigenvalue weighted by molar-refractivity contribution is 0.429. The zero-order valence-corrected chi connectivity index (χ0v) is 12.2. The monoisotopic (exact) mass is 279 g/mol. The summed E-state index contributed by atoms with van der Waals surface area (Å²) in [6.07, 6.45) is 7.66. The van der Waals surface area contributed by atoms with E-state index in [-0.39, 0.29) is 0 Å². The molecule has 19 heavy (non-hydrogen) atoms. The average Bonchev–Trinajstić information content (AvgIpc) is 2.82.